The predicted molar refractivity (Wildman–Crippen MR) is 121 cm³/mol. The molecule has 1 amide bonds. The van der Waals surface area contributed by atoms with Gasteiger partial charge in [0.25, 0.3) is 5.91 Å². The molecule has 3 rings (SSSR count). The number of ether oxygens (including phenoxy) is 3. The van der Waals surface area contributed by atoms with Crippen LogP contribution in [0.4, 0.5) is 5.00 Å². The number of rotatable bonds is 6. The lowest BCUT2D eigenvalue weighted by atomic mass is 9.96. The van der Waals surface area contributed by atoms with Crippen LogP contribution in [-0.2, 0) is 25.6 Å². The number of carbonyl (C=O) groups is 4. The summed E-state index contributed by atoms with van der Waals surface area (Å²) in [7, 11) is 2.39. The van der Waals surface area contributed by atoms with Gasteiger partial charge in [-0.05, 0) is 37.1 Å². The predicted octanol–water partition coefficient (Wildman–Crippen LogP) is 3.15. The van der Waals surface area contributed by atoms with Crippen molar-refractivity contribution in [3.63, 3.8) is 0 Å². The Hall–Kier alpha value is -3.11. The first-order valence-corrected chi connectivity index (χ1v) is 11.3. The molecule has 1 aliphatic heterocycles. The van der Waals surface area contributed by atoms with E-state index in [2.05, 4.69) is 0 Å². The molecule has 2 N–H and O–H groups in total. The van der Waals surface area contributed by atoms with Crippen LogP contribution in [-0.4, -0.2) is 56.0 Å². The summed E-state index contributed by atoms with van der Waals surface area (Å²) in [6.45, 7) is 0.464. The van der Waals surface area contributed by atoms with E-state index in [4.69, 9.17) is 31.5 Å². The summed E-state index contributed by atoms with van der Waals surface area (Å²) >= 11 is 6.73. The van der Waals surface area contributed by atoms with Crippen molar-refractivity contribution in [3.8, 4) is 0 Å². The molecule has 33 heavy (non-hydrogen) atoms. The van der Waals surface area contributed by atoms with Crippen LogP contribution in [0, 0.1) is 5.92 Å². The van der Waals surface area contributed by atoms with E-state index < -0.39 is 23.8 Å². The summed E-state index contributed by atoms with van der Waals surface area (Å²) in [5.74, 6) is -2.46. The molecule has 1 fully saturated rings. The number of thiophene rings is 1. The van der Waals surface area contributed by atoms with Crippen LogP contribution >= 0.6 is 22.9 Å². The maximum absolute atomic E-state index is 12.7. The highest BCUT2D eigenvalue weighted by Crippen LogP contribution is 2.33. The number of carbonyl (C=O) groups excluding carboxylic acids is 4. The third-order valence-corrected chi connectivity index (χ3v) is 6.65. The highest BCUT2D eigenvalue weighted by Gasteiger charge is 2.31. The monoisotopic (exact) mass is 494 g/mol. The molecular weight excluding hydrogens is 472 g/mol. The van der Waals surface area contributed by atoms with Crippen molar-refractivity contribution in [3.05, 3.63) is 50.9 Å². The van der Waals surface area contributed by atoms with Gasteiger partial charge >= 0.3 is 17.9 Å². The Morgan fingerprint density at radius 1 is 1.06 bits per heavy atom. The number of likely N-dealkylation sites (tertiary alicyclic amines) is 1. The molecule has 0 aliphatic carbocycles. The average molecular weight is 495 g/mol. The van der Waals surface area contributed by atoms with E-state index in [-0.39, 0.29) is 33.5 Å². The highest BCUT2D eigenvalue weighted by molar-refractivity contribution is 7.18. The fourth-order valence-electron chi connectivity index (χ4n) is 3.56. The molecule has 1 saturated heterocycles. The van der Waals surface area contributed by atoms with E-state index in [1.807, 2.05) is 0 Å². The first kappa shape index (κ1) is 24.5. The van der Waals surface area contributed by atoms with E-state index in [1.165, 1.54) is 14.2 Å². The van der Waals surface area contributed by atoms with E-state index in [0.717, 1.165) is 11.3 Å². The van der Waals surface area contributed by atoms with Gasteiger partial charge in [0.15, 0.2) is 0 Å². The second kappa shape index (κ2) is 10.7. The fraction of sp³-hybridized carbons (Fsp3) is 0.364. The lowest BCUT2D eigenvalue weighted by molar-refractivity contribution is -0.151. The number of amides is 1. The molecule has 9 nitrogen and oxygen atoms in total. The zero-order chi connectivity index (χ0) is 24.1. The van der Waals surface area contributed by atoms with Gasteiger partial charge in [0.1, 0.15) is 22.0 Å². The van der Waals surface area contributed by atoms with Crippen LogP contribution in [0.1, 0.15) is 48.8 Å². The van der Waals surface area contributed by atoms with Crippen LogP contribution in [0.3, 0.4) is 0 Å². The summed E-state index contributed by atoms with van der Waals surface area (Å²) < 4.78 is 14.9. The standard InChI is InChI=1S/C22H23ClN2O7S/c1-30-21(28)16-15(17(22(29)31-2)33-18(16)24)11-32-20(27)13-7-9-25(10-8-13)19(26)12-3-5-14(23)6-4-12/h3-6,13H,7-11,24H2,1-2H3. The molecule has 0 bridgehead atoms. The van der Waals surface area contributed by atoms with E-state index in [0.29, 0.717) is 36.5 Å². The van der Waals surface area contributed by atoms with Crippen LogP contribution in [0.15, 0.2) is 24.3 Å². The molecule has 0 radical (unpaired) electrons. The number of hydrogen-bond donors (Lipinski definition) is 1. The normalized spacial score (nSPS) is 14.0. The summed E-state index contributed by atoms with van der Waals surface area (Å²) in [6, 6.07) is 6.63. The highest BCUT2D eigenvalue weighted by atomic mass is 35.5. The fourth-order valence-corrected chi connectivity index (χ4v) is 4.67. The lowest BCUT2D eigenvalue weighted by Crippen LogP contribution is -2.40. The first-order chi connectivity index (χ1) is 15.8. The topological polar surface area (TPSA) is 125 Å². The number of nitrogens with two attached hydrogens (primary N) is 1. The molecule has 0 spiro atoms. The zero-order valence-electron chi connectivity index (χ0n) is 18.1. The van der Waals surface area contributed by atoms with Crippen molar-refractivity contribution in [1.29, 1.82) is 0 Å². The van der Waals surface area contributed by atoms with Crippen molar-refractivity contribution in [2.24, 2.45) is 5.92 Å². The smallest absolute Gasteiger partial charge is 0.348 e. The Kier molecular flexibility index (Phi) is 7.93. The van der Waals surface area contributed by atoms with Crippen molar-refractivity contribution >= 4 is 51.8 Å². The maximum Gasteiger partial charge on any atom is 0.348 e. The summed E-state index contributed by atoms with van der Waals surface area (Å²) in [4.78, 5) is 51.3. The largest absolute Gasteiger partial charge is 0.465 e. The molecule has 0 saturated carbocycles. The molecule has 2 heterocycles. The molecule has 1 aromatic carbocycles. The number of halogens is 1. The second-order valence-corrected chi connectivity index (χ2v) is 8.80. The van der Waals surface area contributed by atoms with Crippen LogP contribution in [0.2, 0.25) is 5.02 Å². The van der Waals surface area contributed by atoms with Crippen LogP contribution in [0.5, 0.6) is 0 Å². The molecule has 1 aromatic heterocycles. The van der Waals surface area contributed by atoms with Gasteiger partial charge in [-0.15, -0.1) is 11.3 Å². The Morgan fingerprint density at radius 3 is 2.24 bits per heavy atom. The third-order valence-electron chi connectivity index (χ3n) is 5.36. The third kappa shape index (κ3) is 5.45. The van der Waals surface area contributed by atoms with Crippen molar-refractivity contribution in [1.82, 2.24) is 4.90 Å². The molecule has 2 aromatic rings. The Bertz CT molecular complexity index is 1060. The molecule has 11 heteroatoms. The maximum atomic E-state index is 12.7. The molecule has 1 aliphatic rings. The number of nitrogen functional groups attached to an aromatic ring is 1. The van der Waals surface area contributed by atoms with Gasteiger partial charge in [0, 0.05) is 29.2 Å². The van der Waals surface area contributed by atoms with Gasteiger partial charge in [-0.1, -0.05) is 11.6 Å². The van der Waals surface area contributed by atoms with E-state index in [9.17, 15) is 19.2 Å². The quantitative estimate of drug-likeness (QED) is 0.479. The SMILES string of the molecule is COC(=O)c1sc(N)c(C(=O)OC)c1COC(=O)C1CCN(C(=O)c2ccc(Cl)cc2)CC1. The minimum Gasteiger partial charge on any atom is -0.465 e. The van der Waals surface area contributed by atoms with E-state index in [1.54, 1.807) is 29.2 Å². The van der Waals surface area contributed by atoms with Gasteiger partial charge < -0.3 is 24.8 Å². The summed E-state index contributed by atoms with van der Waals surface area (Å²) in [6.07, 6.45) is 0.856. The molecule has 176 valence electrons. The lowest BCUT2D eigenvalue weighted by Gasteiger charge is -2.31. The number of piperidine rings is 1. The van der Waals surface area contributed by atoms with Gasteiger partial charge in [-0.3, -0.25) is 9.59 Å². The molecule has 0 unspecified atom stereocenters. The Balaban J connectivity index is 1.63. The molecule has 0 atom stereocenters. The summed E-state index contributed by atoms with van der Waals surface area (Å²) in [5.41, 5.74) is 6.55. The number of nitrogens with zero attached hydrogens (tertiary/aromatic N) is 1. The minimum atomic E-state index is -0.737. The zero-order valence-corrected chi connectivity index (χ0v) is 19.7. The van der Waals surface area contributed by atoms with Crippen LogP contribution in [0.25, 0.3) is 0 Å². The minimum absolute atomic E-state index is 0.0147. The van der Waals surface area contributed by atoms with Gasteiger partial charge in [0.2, 0.25) is 0 Å². The summed E-state index contributed by atoms with van der Waals surface area (Å²) in [5, 5.41) is 0.619. The average Bonchev–Trinajstić information content (AvgIpc) is 3.17. The first-order valence-electron chi connectivity index (χ1n) is 10.1. The Labute approximate surface area is 199 Å². The number of hydrogen-bond acceptors (Lipinski definition) is 9. The number of methoxy groups -OCH3 is 2. The molecular formula is C22H23ClN2O7S. The van der Waals surface area contributed by atoms with Gasteiger partial charge in [0.05, 0.1) is 20.1 Å². The number of anilines is 1. The number of esters is 3. The number of benzene rings is 1. The van der Waals surface area contributed by atoms with Crippen molar-refractivity contribution < 1.29 is 33.4 Å². The van der Waals surface area contributed by atoms with Crippen molar-refractivity contribution in [2.75, 3.05) is 33.0 Å². The van der Waals surface area contributed by atoms with E-state index >= 15 is 0 Å². The second-order valence-electron chi connectivity index (χ2n) is 7.31. The van der Waals surface area contributed by atoms with Crippen LogP contribution < -0.4 is 5.73 Å². The Morgan fingerprint density at radius 2 is 1.67 bits per heavy atom. The van der Waals surface area contributed by atoms with Gasteiger partial charge in [-0.2, -0.15) is 0 Å². The van der Waals surface area contributed by atoms with Gasteiger partial charge in [-0.25, -0.2) is 9.59 Å². The van der Waals surface area contributed by atoms with Crippen molar-refractivity contribution in [2.45, 2.75) is 19.4 Å².